The summed E-state index contributed by atoms with van der Waals surface area (Å²) in [5, 5.41) is 0. The molecule has 0 amide bonds. The number of allylic oxidation sites excluding steroid dienone is 3. The van der Waals surface area contributed by atoms with Crippen molar-refractivity contribution in [3.8, 4) is 0 Å². The summed E-state index contributed by atoms with van der Waals surface area (Å²) in [6, 6.07) is 0. The zero-order valence-corrected chi connectivity index (χ0v) is 10.0. The second-order valence-corrected chi connectivity index (χ2v) is 5.52. The maximum atomic E-state index is 5.67. The molecule has 2 aliphatic carbocycles. The maximum Gasteiger partial charge on any atom is 0.108 e. The van der Waals surface area contributed by atoms with E-state index in [0.29, 0.717) is 5.92 Å². The minimum atomic E-state index is 0.229. The van der Waals surface area contributed by atoms with Crippen molar-refractivity contribution in [1.29, 1.82) is 0 Å². The van der Waals surface area contributed by atoms with Crippen LogP contribution in [0.3, 0.4) is 0 Å². The summed E-state index contributed by atoms with van der Waals surface area (Å²) >= 11 is 0. The van der Waals surface area contributed by atoms with Gasteiger partial charge in [0.1, 0.15) is 5.76 Å². The van der Waals surface area contributed by atoms with E-state index in [0.717, 1.165) is 19.3 Å². The third-order valence-electron chi connectivity index (χ3n) is 4.31. The van der Waals surface area contributed by atoms with Gasteiger partial charge in [-0.2, -0.15) is 0 Å². The maximum absolute atomic E-state index is 5.67. The fourth-order valence-electron chi connectivity index (χ4n) is 3.26. The highest BCUT2D eigenvalue weighted by Gasteiger charge is 2.41. The van der Waals surface area contributed by atoms with Gasteiger partial charge in [-0.1, -0.05) is 31.2 Å². The van der Waals surface area contributed by atoms with Gasteiger partial charge in [-0.3, -0.25) is 0 Å². The van der Waals surface area contributed by atoms with Crippen molar-refractivity contribution in [3.63, 3.8) is 0 Å². The highest BCUT2D eigenvalue weighted by atomic mass is 16.3. The van der Waals surface area contributed by atoms with Crippen LogP contribution in [-0.4, -0.2) is 0 Å². The molecule has 16 heavy (non-hydrogen) atoms. The van der Waals surface area contributed by atoms with Gasteiger partial charge in [0.2, 0.25) is 0 Å². The molecule has 0 fully saturated rings. The fourth-order valence-corrected chi connectivity index (χ4v) is 3.26. The number of aryl methyl sites for hydroxylation is 1. The molecule has 84 valence electrons. The lowest BCUT2D eigenvalue weighted by molar-refractivity contribution is 0.238. The molecular weight excluding hydrogens is 196 g/mol. The average molecular weight is 214 g/mol. The Morgan fingerprint density at radius 1 is 1.50 bits per heavy atom. The Hall–Kier alpha value is -1.24. The molecule has 0 saturated heterocycles. The molecule has 1 aromatic heterocycles. The van der Waals surface area contributed by atoms with E-state index in [2.05, 4.69) is 32.6 Å². The lowest BCUT2D eigenvalue weighted by Crippen LogP contribution is -2.36. The van der Waals surface area contributed by atoms with Crippen LogP contribution in [0.5, 0.6) is 0 Å². The van der Waals surface area contributed by atoms with E-state index in [9.17, 15) is 0 Å². The first-order valence-electron chi connectivity index (χ1n) is 6.01. The Balaban J connectivity index is 2.09. The summed E-state index contributed by atoms with van der Waals surface area (Å²) in [7, 11) is 0. The first kappa shape index (κ1) is 9.95. The second-order valence-electron chi connectivity index (χ2n) is 5.52. The molecule has 0 bridgehead atoms. The van der Waals surface area contributed by atoms with Crippen molar-refractivity contribution in [2.45, 2.75) is 33.1 Å². The van der Waals surface area contributed by atoms with Crippen molar-refractivity contribution in [2.24, 2.45) is 11.3 Å². The van der Waals surface area contributed by atoms with Crippen LogP contribution in [0.4, 0.5) is 0 Å². The van der Waals surface area contributed by atoms with Crippen LogP contribution in [0.25, 0.3) is 0 Å². The summed E-state index contributed by atoms with van der Waals surface area (Å²) in [5.74, 6) is 1.79. The second kappa shape index (κ2) is 3.13. The molecule has 0 spiro atoms. The third-order valence-corrected chi connectivity index (χ3v) is 4.31. The topological polar surface area (TPSA) is 13.1 Å². The van der Waals surface area contributed by atoms with Crippen LogP contribution >= 0.6 is 0 Å². The van der Waals surface area contributed by atoms with E-state index in [-0.39, 0.29) is 5.41 Å². The van der Waals surface area contributed by atoms with Gasteiger partial charge in [0.05, 0.1) is 6.26 Å². The lowest BCUT2D eigenvalue weighted by Gasteiger charge is -2.42. The van der Waals surface area contributed by atoms with Crippen molar-refractivity contribution in [3.05, 3.63) is 47.5 Å². The summed E-state index contributed by atoms with van der Waals surface area (Å²) < 4.78 is 5.67. The summed E-state index contributed by atoms with van der Waals surface area (Å²) in [6.07, 6.45) is 9.71. The first-order valence-corrected chi connectivity index (χ1v) is 6.01. The quantitative estimate of drug-likeness (QED) is 0.598. The normalized spacial score (nSPS) is 32.4. The highest BCUT2D eigenvalue weighted by molar-refractivity contribution is 5.37. The van der Waals surface area contributed by atoms with Crippen molar-refractivity contribution >= 4 is 0 Å². The highest BCUT2D eigenvalue weighted by Crippen LogP contribution is 2.48. The van der Waals surface area contributed by atoms with E-state index in [1.807, 2.05) is 6.26 Å². The van der Waals surface area contributed by atoms with Gasteiger partial charge in [0.25, 0.3) is 0 Å². The Kier molecular flexibility index (Phi) is 1.95. The van der Waals surface area contributed by atoms with Gasteiger partial charge in [-0.05, 0) is 42.2 Å². The number of hydrogen-bond acceptors (Lipinski definition) is 1. The fraction of sp³-hybridized carbons (Fsp3) is 0.467. The predicted octanol–water partition coefficient (Wildman–Crippen LogP) is 3.83. The number of rotatable bonds is 0. The van der Waals surface area contributed by atoms with Gasteiger partial charge in [0, 0.05) is 6.42 Å². The molecule has 2 aliphatic rings. The van der Waals surface area contributed by atoms with E-state index in [1.54, 1.807) is 0 Å². The zero-order chi connectivity index (χ0) is 11.3. The molecular formula is C15H18O. The molecule has 0 aromatic carbocycles. The molecule has 0 saturated carbocycles. The minimum Gasteiger partial charge on any atom is -0.469 e. The lowest BCUT2D eigenvalue weighted by atomic mass is 9.62. The van der Waals surface area contributed by atoms with Gasteiger partial charge < -0.3 is 4.42 Å². The molecule has 3 rings (SSSR count). The summed E-state index contributed by atoms with van der Waals surface area (Å²) in [4.78, 5) is 0. The molecule has 0 N–H and O–H groups in total. The Morgan fingerprint density at radius 2 is 2.31 bits per heavy atom. The molecule has 1 nitrogen and oxygen atoms in total. The Labute approximate surface area is 96.8 Å². The number of hydrogen-bond donors (Lipinski definition) is 0. The molecule has 2 unspecified atom stereocenters. The van der Waals surface area contributed by atoms with Crippen LogP contribution in [0.1, 0.15) is 30.2 Å². The monoisotopic (exact) mass is 214 g/mol. The van der Waals surface area contributed by atoms with Gasteiger partial charge in [-0.15, -0.1) is 0 Å². The van der Waals surface area contributed by atoms with Gasteiger partial charge in [-0.25, -0.2) is 0 Å². The molecule has 2 atom stereocenters. The van der Waals surface area contributed by atoms with E-state index >= 15 is 0 Å². The van der Waals surface area contributed by atoms with Gasteiger partial charge >= 0.3 is 0 Å². The molecule has 0 radical (unpaired) electrons. The molecule has 1 heteroatoms. The van der Waals surface area contributed by atoms with Crippen LogP contribution < -0.4 is 0 Å². The molecule has 1 heterocycles. The smallest absolute Gasteiger partial charge is 0.108 e. The summed E-state index contributed by atoms with van der Waals surface area (Å²) in [5.41, 5.74) is 4.35. The molecule has 0 aliphatic heterocycles. The Bertz CT molecular complexity index is 478. The van der Waals surface area contributed by atoms with Crippen LogP contribution in [0.2, 0.25) is 0 Å². The SMILES string of the molecule is C=C1CC=CC2(C)Cc3occ(C)c3CC12. The van der Waals surface area contributed by atoms with Crippen molar-refractivity contribution in [2.75, 3.05) is 0 Å². The van der Waals surface area contributed by atoms with E-state index in [4.69, 9.17) is 4.42 Å². The van der Waals surface area contributed by atoms with Crippen LogP contribution in [0.15, 0.2) is 35.0 Å². The average Bonchev–Trinajstić information content (AvgIpc) is 2.57. The Morgan fingerprint density at radius 3 is 3.12 bits per heavy atom. The number of furan rings is 1. The summed E-state index contributed by atoms with van der Waals surface area (Å²) in [6.45, 7) is 8.73. The largest absolute Gasteiger partial charge is 0.469 e. The molecule has 1 aromatic rings. The predicted molar refractivity (Wildman–Crippen MR) is 65.3 cm³/mol. The van der Waals surface area contributed by atoms with Crippen LogP contribution in [-0.2, 0) is 12.8 Å². The van der Waals surface area contributed by atoms with E-state index in [1.165, 1.54) is 22.5 Å². The standard InChI is InChI=1S/C15H18O/c1-10-5-4-6-15(3)8-14-12(7-13(10)15)11(2)9-16-14/h4,6,9,13H,1,5,7-8H2,2-3H3. The first-order chi connectivity index (χ1) is 7.60. The zero-order valence-electron chi connectivity index (χ0n) is 10.0. The number of fused-ring (bicyclic) bond motifs is 2. The third kappa shape index (κ3) is 1.24. The minimum absolute atomic E-state index is 0.229. The van der Waals surface area contributed by atoms with Crippen LogP contribution in [0, 0.1) is 18.3 Å². The van der Waals surface area contributed by atoms with E-state index < -0.39 is 0 Å². The van der Waals surface area contributed by atoms with Gasteiger partial charge in [0.15, 0.2) is 0 Å². The van der Waals surface area contributed by atoms with Crippen molar-refractivity contribution < 1.29 is 4.42 Å². The van der Waals surface area contributed by atoms with Crippen molar-refractivity contribution in [1.82, 2.24) is 0 Å².